The molecule has 0 radical (unpaired) electrons. The number of amides is 3. The number of nitrogens with zero attached hydrogens (tertiary/aromatic N) is 2. The number of methoxy groups -OCH3 is 1. The number of pyridine rings is 1. The lowest BCUT2D eigenvalue weighted by Crippen LogP contribution is -2.43. The summed E-state index contributed by atoms with van der Waals surface area (Å²) >= 11 is 6.30. The van der Waals surface area contributed by atoms with Crippen molar-refractivity contribution in [2.45, 2.75) is 50.0 Å². The van der Waals surface area contributed by atoms with Gasteiger partial charge in [0, 0.05) is 47.4 Å². The number of anilines is 2. The Morgan fingerprint density at radius 1 is 1.09 bits per heavy atom. The number of ether oxygens (including phenoxy) is 2. The summed E-state index contributed by atoms with van der Waals surface area (Å²) in [5.74, 6) is -1.16. The SMILES string of the molecule is COC(=O)Cc1ccc2c(c1)NC(=O)CCCC[C@H](C(=O)N1CC[C@@]3(C1)OC(=O)Nc1ccc(Cl)cc13)c1cc-2ccn1. The minimum absolute atomic E-state index is 0.0806. The smallest absolute Gasteiger partial charge is 0.412 e. The number of hydrogen-bond acceptors (Lipinski definition) is 7. The van der Waals surface area contributed by atoms with Crippen molar-refractivity contribution in [3.05, 3.63) is 76.6 Å². The van der Waals surface area contributed by atoms with Crippen molar-refractivity contribution in [3.63, 3.8) is 0 Å². The van der Waals surface area contributed by atoms with Gasteiger partial charge in [-0.2, -0.15) is 0 Å². The van der Waals surface area contributed by atoms with Crippen molar-refractivity contribution in [3.8, 4) is 11.1 Å². The molecule has 1 spiro atoms. The minimum atomic E-state index is -0.988. The summed E-state index contributed by atoms with van der Waals surface area (Å²) in [6.07, 6.45) is 3.67. The number of carbonyl (C=O) groups excluding carboxylic acids is 4. The van der Waals surface area contributed by atoms with Gasteiger partial charge in [0.05, 0.1) is 37.4 Å². The van der Waals surface area contributed by atoms with E-state index in [-0.39, 0.29) is 37.2 Å². The highest BCUT2D eigenvalue weighted by Gasteiger charge is 2.49. The zero-order valence-electron chi connectivity index (χ0n) is 23.7. The van der Waals surface area contributed by atoms with Gasteiger partial charge in [0.1, 0.15) is 0 Å². The molecule has 3 aliphatic rings. The third kappa shape index (κ3) is 5.79. The highest BCUT2D eigenvalue weighted by atomic mass is 35.5. The molecule has 4 heterocycles. The molecule has 3 aromatic rings. The van der Waals surface area contributed by atoms with E-state index < -0.39 is 17.6 Å². The maximum atomic E-state index is 14.2. The fourth-order valence-electron chi connectivity index (χ4n) is 6.21. The molecule has 222 valence electrons. The molecule has 0 aliphatic carbocycles. The minimum Gasteiger partial charge on any atom is -0.469 e. The number of rotatable bonds is 3. The molecule has 1 aromatic heterocycles. The third-order valence-corrected chi connectivity index (χ3v) is 8.60. The second-order valence-electron chi connectivity index (χ2n) is 11.2. The van der Waals surface area contributed by atoms with E-state index in [1.54, 1.807) is 35.4 Å². The fraction of sp³-hybridized carbons (Fsp3) is 0.344. The maximum absolute atomic E-state index is 14.2. The predicted molar refractivity (Wildman–Crippen MR) is 160 cm³/mol. The Morgan fingerprint density at radius 2 is 1.95 bits per heavy atom. The van der Waals surface area contributed by atoms with E-state index in [9.17, 15) is 19.2 Å². The zero-order valence-corrected chi connectivity index (χ0v) is 24.4. The molecule has 1 fully saturated rings. The lowest BCUT2D eigenvalue weighted by Gasteiger charge is -2.35. The number of hydrogen-bond donors (Lipinski definition) is 2. The summed E-state index contributed by atoms with van der Waals surface area (Å²) in [5.41, 5.74) is 3.86. The Bertz CT molecular complexity index is 1630. The zero-order chi connectivity index (χ0) is 30.1. The van der Waals surface area contributed by atoms with Gasteiger partial charge in [-0.15, -0.1) is 0 Å². The quantitative estimate of drug-likeness (QED) is 0.384. The van der Waals surface area contributed by atoms with E-state index in [0.29, 0.717) is 59.9 Å². The Balaban J connectivity index is 1.32. The topological polar surface area (TPSA) is 127 Å². The predicted octanol–water partition coefficient (Wildman–Crippen LogP) is 5.40. The Labute approximate surface area is 253 Å². The van der Waals surface area contributed by atoms with Gasteiger partial charge >= 0.3 is 12.1 Å². The van der Waals surface area contributed by atoms with Crippen molar-refractivity contribution in [1.82, 2.24) is 9.88 Å². The van der Waals surface area contributed by atoms with Crippen LogP contribution >= 0.6 is 11.6 Å². The summed E-state index contributed by atoms with van der Waals surface area (Å²) in [6, 6.07) is 14.4. The molecule has 1 saturated heterocycles. The number of likely N-dealkylation sites (tertiary alicyclic amines) is 1. The molecule has 3 amide bonds. The van der Waals surface area contributed by atoms with Gasteiger partial charge in [0.25, 0.3) is 0 Å². The maximum Gasteiger partial charge on any atom is 0.412 e. The Kier molecular flexibility index (Phi) is 7.79. The summed E-state index contributed by atoms with van der Waals surface area (Å²) in [5, 5.41) is 6.25. The van der Waals surface area contributed by atoms with Crippen LogP contribution < -0.4 is 10.6 Å². The van der Waals surface area contributed by atoms with Crippen LogP contribution in [0.2, 0.25) is 5.02 Å². The first kappa shape index (κ1) is 28.7. The summed E-state index contributed by atoms with van der Waals surface area (Å²) < 4.78 is 10.6. The van der Waals surface area contributed by atoms with Crippen LogP contribution in [0, 0.1) is 0 Å². The molecule has 2 atom stereocenters. The molecule has 6 rings (SSSR count). The molecule has 10 nitrogen and oxygen atoms in total. The average Bonchev–Trinajstić information content (AvgIpc) is 3.41. The van der Waals surface area contributed by atoms with E-state index in [1.165, 1.54) is 7.11 Å². The van der Waals surface area contributed by atoms with E-state index >= 15 is 0 Å². The van der Waals surface area contributed by atoms with Crippen LogP contribution in [0.5, 0.6) is 0 Å². The molecule has 11 heteroatoms. The van der Waals surface area contributed by atoms with Crippen molar-refractivity contribution in [2.24, 2.45) is 0 Å². The highest BCUT2D eigenvalue weighted by molar-refractivity contribution is 6.30. The summed E-state index contributed by atoms with van der Waals surface area (Å²) in [7, 11) is 1.34. The summed E-state index contributed by atoms with van der Waals surface area (Å²) in [6.45, 7) is 0.611. The fourth-order valence-corrected chi connectivity index (χ4v) is 6.38. The molecular weight excluding hydrogens is 572 g/mol. The number of nitrogens with one attached hydrogen (secondary N) is 2. The van der Waals surface area contributed by atoms with Crippen molar-refractivity contribution in [2.75, 3.05) is 30.8 Å². The molecule has 3 aliphatic heterocycles. The monoisotopic (exact) mass is 602 g/mol. The van der Waals surface area contributed by atoms with Crippen LogP contribution in [0.3, 0.4) is 0 Å². The van der Waals surface area contributed by atoms with Crippen LogP contribution in [0.4, 0.5) is 16.2 Å². The average molecular weight is 603 g/mol. The Morgan fingerprint density at radius 3 is 2.79 bits per heavy atom. The van der Waals surface area contributed by atoms with Gasteiger partial charge in [-0.25, -0.2) is 4.79 Å². The van der Waals surface area contributed by atoms with Gasteiger partial charge in [-0.1, -0.05) is 30.2 Å². The van der Waals surface area contributed by atoms with Gasteiger partial charge in [-0.05, 0) is 60.4 Å². The molecule has 0 unspecified atom stereocenters. The number of esters is 1. The van der Waals surface area contributed by atoms with Gasteiger partial charge in [0.15, 0.2) is 5.60 Å². The van der Waals surface area contributed by atoms with Gasteiger partial charge < -0.3 is 19.7 Å². The molecule has 2 bridgehead atoms. The first-order valence-corrected chi connectivity index (χ1v) is 14.7. The van der Waals surface area contributed by atoms with E-state index in [2.05, 4.69) is 15.6 Å². The second kappa shape index (κ2) is 11.7. The lowest BCUT2D eigenvalue weighted by atomic mass is 9.89. The van der Waals surface area contributed by atoms with Gasteiger partial charge in [-0.3, -0.25) is 24.7 Å². The second-order valence-corrected chi connectivity index (χ2v) is 11.6. The largest absolute Gasteiger partial charge is 0.469 e. The van der Waals surface area contributed by atoms with Crippen molar-refractivity contribution in [1.29, 1.82) is 0 Å². The van der Waals surface area contributed by atoms with Crippen LogP contribution in [-0.2, 0) is 35.9 Å². The lowest BCUT2D eigenvalue weighted by molar-refractivity contribution is -0.139. The van der Waals surface area contributed by atoms with Crippen LogP contribution in [-0.4, -0.2) is 54.0 Å². The van der Waals surface area contributed by atoms with E-state index in [1.807, 2.05) is 24.3 Å². The number of aromatic nitrogens is 1. The molecule has 43 heavy (non-hydrogen) atoms. The summed E-state index contributed by atoms with van der Waals surface area (Å²) in [4.78, 5) is 57.8. The molecule has 0 saturated carbocycles. The molecule has 2 aromatic carbocycles. The van der Waals surface area contributed by atoms with Crippen molar-refractivity contribution < 1.29 is 28.7 Å². The van der Waals surface area contributed by atoms with Crippen molar-refractivity contribution >= 4 is 46.9 Å². The Hall–Kier alpha value is -4.44. The molecular formula is C32H31ClN4O6. The van der Waals surface area contributed by atoms with Crippen LogP contribution in [0.1, 0.15) is 54.8 Å². The first-order chi connectivity index (χ1) is 20.7. The van der Waals surface area contributed by atoms with Gasteiger partial charge in [0.2, 0.25) is 11.8 Å². The van der Waals surface area contributed by atoms with E-state index in [4.69, 9.17) is 21.1 Å². The van der Waals surface area contributed by atoms with Crippen LogP contribution in [0.15, 0.2) is 54.7 Å². The normalized spacial score (nSPS) is 21.3. The number of carbonyl (C=O) groups is 4. The molecule has 2 N–H and O–H groups in total. The third-order valence-electron chi connectivity index (χ3n) is 8.37. The number of halogens is 1. The number of benzene rings is 2. The first-order valence-electron chi connectivity index (χ1n) is 14.3. The number of fused-ring (bicyclic) bond motifs is 6. The van der Waals surface area contributed by atoms with Crippen LogP contribution in [0.25, 0.3) is 11.1 Å². The standard InChI is InChI=1S/C32H31ClN4O6/c1-42-29(39)15-19-6-8-22-20-10-12-34-26(16-20)23(4-2-3-5-28(38)35-27(22)14-19)30(40)37-13-11-32(18-37)24-17-21(33)7-9-25(24)36-31(41)43-32/h6-10,12,14,16-17,23H,2-5,11,13,15,18H2,1H3,(H,35,38)(H,36,41)/t23-,32-/m0/s1. The highest BCUT2D eigenvalue weighted by Crippen LogP contribution is 2.44. The van der Waals surface area contributed by atoms with E-state index in [0.717, 1.165) is 16.7 Å².